The Labute approximate surface area is 48.4 Å². The highest BCUT2D eigenvalue weighted by Gasteiger charge is 1.68. The van der Waals surface area contributed by atoms with Crippen LogP contribution in [-0.2, 0) is 0 Å². The highest BCUT2D eigenvalue weighted by atomic mass is 14.8. The SMILES string of the molecule is C1=CNC=CN=C1.N. The molecular weight excluding hydrogens is 102 g/mol. The smallest absolute Gasteiger partial charge is 0.0427 e. The van der Waals surface area contributed by atoms with Crippen LogP contribution in [0.15, 0.2) is 29.7 Å². The Morgan fingerprint density at radius 3 is 3.00 bits per heavy atom. The van der Waals surface area contributed by atoms with Crippen LogP contribution < -0.4 is 11.5 Å². The number of nitrogens with one attached hydrogen (secondary N) is 1. The summed E-state index contributed by atoms with van der Waals surface area (Å²) in [5.74, 6) is 0. The zero-order valence-electron chi connectivity index (χ0n) is 4.54. The lowest BCUT2D eigenvalue weighted by Gasteiger charge is -1.78. The number of rotatable bonds is 0. The van der Waals surface area contributed by atoms with Gasteiger partial charge in [0.2, 0.25) is 0 Å². The van der Waals surface area contributed by atoms with Crippen LogP contribution in [0.2, 0.25) is 0 Å². The molecule has 1 rings (SSSR count). The van der Waals surface area contributed by atoms with Gasteiger partial charge in [0, 0.05) is 24.8 Å². The summed E-state index contributed by atoms with van der Waals surface area (Å²) in [5.41, 5.74) is 0. The lowest BCUT2D eigenvalue weighted by Crippen LogP contribution is -1.87. The third-order valence-corrected chi connectivity index (χ3v) is 0.621. The standard InChI is InChI=1S/C5H6N2.H3N/c1-2-6-4-5-7-3-1;/h1-6H;1H3. The second kappa shape index (κ2) is 4.08. The molecule has 0 saturated carbocycles. The summed E-state index contributed by atoms with van der Waals surface area (Å²) < 4.78 is 0. The van der Waals surface area contributed by atoms with Crippen molar-refractivity contribution in [3.8, 4) is 0 Å². The maximum absolute atomic E-state index is 3.82. The molecule has 4 N–H and O–H groups in total. The first-order chi connectivity index (χ1) is 3.50. The van der Waals surface area contributed by atoms with E-state index in [1.807, 2.05) is 12.3 Å². The first kappa shape index (κ1) is 6.91. The molecule has 0 aliphatic carbocycles. The number of hydrogen-bond acceptors (Lipinski definition) is 3. The average molecular weight is 111 g/mol. The van der Waals surface area contributed by atoms with Gasteiger partial charge in [0.1, 0.15) is 0 Å². The van der Waals surface area contributed by atoms with Crippen molar-refractivity contribution in [2.24, 2.45) is 4.99 Å². The first-order valence-electron chi connectivity index (χ1n) is 2.09. The molecule has 0 radical (unpaired) electrons. The van der Waals surface area contributed by atoms with Gasteiger partial charge in [-0.3, -0.25) is 4.99 Å². The molecule has 44 valence electrons. The quantitative estimate of drug-likeness (QED) is 0.486. The molecule has 3 nitrogen and oxygen atoms in total. The highest BCUT2D eigenvalue weighted by molar-refractivity contribution is 5.71. The second-order valence-electron chi connectivity index (χ2n) is 1.14. The van der Waals surface area contributed by atoms with Crippen molar-refractivity contribution in [3.05, 3.63) is 24.7 Å². The molecule has 0 atom stereocenters. The average Bonchev–Trinajstić information content (AvgIpc) is 1.90. The van der Waals surface area contributed by atoms with E-state index in [1.165, 1.54) is 0 Å². The summed E-state index contributed by atoms with van der Waals surface area (Å²) >= 11 is 0. The van der Waals surface area contributed by atoms with E-state index in [9.17, 15) is 0 Å². The molecule has 8 heavy (non-hydrogen) atoms. The van der Waals surface area contributed by atoms with Gasteiger partial charge in [-0.15, -0.1) is 0 Å². The van der Waals surface area contributed by atoms with Crippen LogP contribution in [0.3, 0.4) is 0 Å². The lowest BCUT2D eigenvalue weighted by molar-refractivity contribution is 1.19. The Morgan fingerprint density at radius 1 is 1.25 bits per heavy atom. The largest absolute Gasteiger partial charge is 0.366 e. The zero-order valence-corrected chi connectivity index (χ0v) is 4.54. The van der Waals surface area contributed by atoms with Crippen molar-refractivity contribution < 1.29 is 0 Å². The fourth-order valence-electron chi connectivity index (χ4n) is 0.340. The van der Waals surface area contributed by atoms with Gasteiger partial charge in [-0.25, -0.2) is 0 Å². The van der Waals surface area contributed by atoms with Gasteiger partial charge in [-0.1, -0.05) is 0 Å². The maximum Gasteiger partial charge on any atom is 0.0427 e. The van der Waals surface area contributed by atoms with Crippen molar-refractivity contribution in [2.75, 3.05) is 0 Å². The van der Waals surface area contributed by atoms with E-state index in [-0.39, 0.29) is 6.15 Å². The maximum atomic E-state index is 3.82. The molecule has 0 aromatic carbocycles. The molecular formula is C5H9N3. The molecule has 0 bridgehead atoms. The van der Waals surface area contributed by atoms with E-state index in [1.54, 1.807) is 18.6 Å². The lowest BCUT2D eigenvalue weighted by atomic mass is 10.7. The van der Waals surface area contributed by atoms with Crippen LogP contribution in [0, 0.1) is 0 Å². The molecule has 3 heteroatoms. The Hall–Kier alpha value is -1.09. The van der Waals surface area contributed by atoms with Gasteiger partial charge in [-0.05, 0) is 6.08 Å². The highest BCUT2D eigenvalue weighted by Crippen LogP contribution is 1.75. The predicted octanol–water partition coefficient (Wildman–Crippen LogP) is 0.807. The first-order valence-corrected chi connectivity index (χ1v) is 2.09. The Kier molecular flexibility index (Phi) is 3.52. The van der Waals surface area contributed by atoms with Crippen LogP contribution in [-0.4, -0.2) is 6.21 Å². The van der Waals surface area contributed by atoms with E-state index in [0.717, 1.165) is 0 Å². The van der Waals surface area contributed by atoms with Gasteiger partial charge in [0.05, 0.1) is 0 Å². The molecule has 0 fully saturated rings. The summed E-state index contributed by atoms with van der Waals surface area (Å²) in [4.78, 5) is 3.82. The summed E-state index contributed by atoms with van der Waals surface area (Å²) in [6.45, 7) is 0. The van der Waals surface area contributed by atoms with E-state index >= 15 is 0 Å². The monoisotopic (exact) mass is 111 g/mol. The zero-order chi connectivity index (χ0) is 4.95. The summed E-state index contributed by atoms with van der Waals surface area (Å²) in [6.07, 6.45) is 8.82. The van der Waals surface area contributed by atoms with Crippen molar-refractivity contribution >= 4 is 6.21 Å². The number of allylic oxidation sites excluding steroid dienone is 1. The third kappa shape index (κ3) is 2.15. The van der Waals surface area contributed by atoms with Crippen molar-refractivity contribution in [1.82, 2.24) is 11.5 Å². The van der Waals surface area contributed by atoms with Gasteiger partial charge in [-0.2, -0.15) is 0 Å². The molecule has 1 aliphatic rings. The molecule has 1 aliphatic heterocycles. The molecule has 1 heterocycles. The van der Waals surface area contributed by atoms with Gasteiger partial charge in [0.15, 0.2) is 0 Å². The van der Waals surface area contributed by atoms with Crippen LogP contribution in [0.25, 0.3) is 0 Å². The molecule has 0 aromatic heterocycles. The van der Waals surface area contributed by atoms with E-state index < -0.39 is 0 Å². The summed E-state index contributed by atoms with van der Waals surface area (Å²) in [6, 6.07) is 0. The van der Waals surface area contributed by atoms with Crippen LogP contribution in [0.4, 0.5) is 0 Å². The minimum atomic E-state index is 0. The molecule has 0 amide bonds. The summed E-state index contributed by atoms with van der Waals surface area (Å²) in [7, 11) is 0. The Morgan fingerprint density at radius 2 is 2.12 bits per heavy atom. The van der Waals surface area contributed by atoms with E-state index in [0.29, 0.717) is 0 Å². The van der Waals surface area contributed by atoms with Crippen molar-refractivity contribution in [3.63, 3.8) is 0 Å². The molecule has 0 unspecified atom stereocenters. The second-order valence-corrected chi connectivity index (χ2v) is 1.14. The molecule has 0 saturated heterocycles. The molecule has 0 aromatic rings. The molecule has 0 spiro atoms. The fraction of sp³-hybridized carbons (Fsp3) is 0. The van der Waals surface area contributed by atoms with Gasteiger partial charge in [0.25, 0.3) is 0 Å². The van der Waals surface area contributed by atoms with Crippen molar-refractivity contribution in [1.29, 1.82) is 0 Å². The fourth-order valence-corrected chi connectivity index (χ4v) is 0.340. The van der Waals surface area contributed by atoms with Gasteiger partial charge < -0.3 is 11.5 Å². The number of nitrogens with zero attached hydrogens (tertiary/aromatic N) is 1. The van der Waals surface area contributed by atoms with Gasteiger partial charge >= 0.3 is 0 Å². The van der Waals surface area contributed by atoms with Crippen LogP contribution >= 0.6 is 0 Å². The summed E-state index contributed by atoms with van der Waals surface area (Å²) in [5, 5.41) is 2.86. The number of aliphatic imine (C=N–C) groups is 1. The van der Waals surface area contributed by atoms with Crippen molar-refractivity contribution in [2.45, 2.75) is 0 Å². The number of hydrogen-bond donors (Lipinski definition) is 2. The normalized spacial score (nSPS) is 14.0. The Bertz CT molecular complexity index is 110. The Balaban J connectivity index is 0.000000490. The van der Waals surface area contributed by atoms with Crippen LogP contribution in [0.5, 0.6) is 0 Å². The minimum Gasteiger partial charge on any atom is -0.366 e. The predicted molar refractivity (Wildman–Crippen MR) is 34.9 cm³/mol. The van der Waals surface area contributed by atoms with E-state index in [4.69, 9.17) is 0 Å². The van der Waals surface area contributed by atoms with Crippen LogP contribution in [0.1, 0.15) is 0 Å². The topological polar surface area (TPSA) is 59.4 Å². The van der Waals surface area contributed by atoms with E-state index in [2.05, 4.69) is 10.3 Å². The minimum absolute atomic E-state index is 0. The third-order valence-electron chi connectivity index (χ3n) is 0.621.